The average molecular weight is 215 g/mol. The Kier molecular flexibility index (Phi) is 3.10. The third-order valence-corrected chi connectivity index (χ3v) is 1.99. The van der Waals surface area contributed by atoms with Crippen molar-refractivity contribution in [1.82, 2.24) is 4.98 Å². The molecule has 2 aromatic rings. The van der Waals surface area contributed by atoms with Crippen LogP contribution in [0.3, 0.4) is 0 Å². The van der Waals surface area contributed by atoms with Crippen molar-refractivity contribution in [3.05, 3.63) is 36.9 Å². The van der Waals surface area contributed by atoms with E-state index in [2.05, 4.69) is 15.2 Å². The summed E-state index contributed by atoms with van der Waals surface area (Å²) >= 11 is 0. The average Bonchev–Trinajstić information content (AvgIpc) is 2.80. The first-order valence-corrected chi connectivity index (χ1v) is 5.15. The van der Waals surface area contributed by atoms with E-state index >= 15 is 0 Å². The summed E-state index contributed by atoms with van der Waals surface area (Å²) in [5.74, 6) is 0.757. The topological polar surface area (TPSA) is 50.8 Å². The third kappa shape index (κ3) is 2.53. The lowest BCUT2D eigenvalue weighted by atomic mass is 10.2. The molecule has 0 atom stereocenters. The van der Waals surface area contributed by atoms with E-state index in [-0.39, 0.29) is 6.04 Å². The molecule has 0 aliphatic carbocycles. The maximum absolute atomic E-state index is 5.19. The standard InChI is InChI=1S/C12H13N3O/c1-9(2)14-15-11-5-3-10(4-6-11)12-7-13-8-16-12/h3-9H,1-2H3. The van der Waals surface area contributed by atoms with Gasteiger partial charge in [-0.05, 0) is 38.1 Å². The Bertz CT molecular complexity index is 458. The predicted octanol–water partition coefficient (Wildman–Crippen LogP) is 3.83. The van der Waals surface area contributed by atoms with Gasteiger partial charge in [-0.15, -0.1) is 0 Å². The summed E-state index contributed by atoms with van der Waals surface area (Å²) in [7, 11) is 0. The highest BCUT2D eigenvalue weighted by atomic mass is 16.3. The molecule has 0 aliphatic heterocycles. The van der Waals surface area contributed by atoms with Crippen LogP contribution in [0.25, 0.3) is 11.3 Å². The number of benzene rings is 1. The molecule has 0 amide bonds. The van der Waals surface area contributed by atoms with Crippen molar-refractivity contribution < 1.29 is 4.42 Å². The van der Waals surface area contributed by atoms with Gasteiger partial charge in [0, 0.05) is 5.56 Å². The number of nitrogens with zero attached hydrogens (tertiary/aromatic N) is 3. The maximum atomic E-state index is 5.19. The normalized spacial score (nSPS) is 11.4. The molecule has 1 heterocycles. The smallest absolute Gasteiger partial charge is 0.181 e. The van der Waals surface area contributed by atoms with E-state index in [1.807, 2.05) is 38.1 Å². The van der Waals surface area contributed by atoms with Gasteiger partial charge in [0.15, 0.2) is 12.2 Å². The summed E-state index contributed by atoms with van der Waals surface area (Å²) in [6.07, 6.45) is 3.10. The highest BCUT2D eigenvalue weighted by Gasteiger charge is 2.00. The molecule has 4 nitrogen and oxygen atoms in total. The van der Waals surface area contributed by atoms with Gasteiger partial charge in [-0.3, -0.25) is 0 Å². The van der Waals surface area contributed by atoms with Gasteiger partial charge in [-0.2, -0.15) is 10.2 Å². The molecule has 1 aromatic heterocycles. The summed E-state index contributed by atoms with van der Waals surface area (Å²) < 4.78 is 5.19. The highest BCUT2D eigenvalue weighted by Crippen LogP contribution is 2.22. The third-order valence-electron chi connectivity index (χ3n) is 1.99. The van der Waals surface area contributed by atoms with E-state index in [0.717, 1.165) is 17.0 Å². The van der Waals surface area contributed by atoms with E-state index in [1.54, 1.807) is 6.20 Å². The van der Waals surface area contributed by atoms with Gasteiger partial charge in [0.2, 0.25) is 0 Å². The molecule has 0 saturated heterocycles. The number of rotatable bonds is 3. The predicted molar refractivity (Wildman–Crippen MR) is 61.6 cm³/mol. The minimum absolute atomic E-state index is 0.217. The molecule has 16 heavy (non-hydrogen) atoms. The number of aromatic nitrogens is 1. The van der Waals surface area contributed by atoms with Gasteiger partial charge < -0.3 is 4.42 Å². The molecule has 0 fully saturated rings. The lowest BCUT2D eigenvalue weighted by Gasteiger charge is -1.97. The van der Waals surface area contributed by atoms with Crippen molar-refractivity contribution in [3.8, 4) is 11.3 Å². The molecule has 0 N–H and O–H groups in total. The van der Waals surface area contributed by atoms with Crippen LogP contribution in [0.2, 0.25) is 0 Å². The fourth-order valence-electron chi connectivity index (χ4n) is 1.23. The minimum Gasteiger partial charge on any atom is -0.444 e. The molecule has 0 radical (unpaired) electrons. The Balaban J connectivity index is 2.17. The first kappa shape index (κ1) is 10.5. The van der Waals surface area contributed by atoms with E-state index < -0.39 is 0 Å². The van der Waals surface area contributed by atoms with Crippen LogP contribution in [0.1, 0.15) is 13.8 Å². The van der Waals surface area contributed by atoms with Crippen LogP contribution in [-0.4, -0.2) is 11.0 Å². The van der Waals surface area contributed by atoms with Gasteiger partial charge in [-0.25, -0.2) is 4.98 Å². The number of hydrogen-bond acceptors (Lipinski definition) is 4. The van der Waals surface area contributed by atoms with Crippen LogP contribution in [0.5, 0.6) is 0 Å². The van der Waals surface area contributed by atoms with Crippen LogP contribution in [-0.2, 0) is 0 Å². The Morgan fingerprint density at radius 1 is 1.19 bits per heavy atom. The summed E-state index contributed by atoms with van der Waals surface area (Å²) in [5.41, 5.74) is 1.83. The van der Waals surface area contributed by atoms with E-state index in [1.165, 1.54) is 6.39 Å². The first-order chi connectivity index (χ1) is 7.75. The van der Waals surface area contributed by atoms with Crippen molar-refractivity contribution in [2.45, 2.75) is 19.9 Å². The molecule has 0 spiro atoms. The fourth-order valence-corrected chi connectivity index (χ4v) is 1.23. The van der Waals surface area contributed by atoms with E-state index in [0.29, 0.717) is 0 Å². The van der Waals surface area contributed by atoms with Crippen LogP contribution in [0.4, 0.5) is 5.69 Å². The van der Waals surface area contributed by atoms with Crippen LogP contribution < -0.4 is 0 Å². The van der Waals surface area contributed by atoms with Gasteiger partial charge in [0.05, 0.1) is 17.9 Å². The zero-order chi connectivity index (χ0) is 11.4. The molecule has 0 saturated carbocycles. The number of azo groups is 1. The van der Waals surface area contributed by atoms with Gasteiger partial charge in [0.25, 0.3) is 0 Å². The number of hydrogen-bond donors (Lipinski definition) is 0. The number of oxazole rings is 1. The van der Waals surface area contributed by atoms with Crippen LogP contribution in [0, 0.1) is 0 Å². The van der Waals surface area contributed by atoms with Crippen molar-refractivity contribution in [2.24, 2.45) is 10.2 Å². The van der Waals surface area contributed by atoms with Crippen molar-refractivity contribution in [1.29, 1.82) is 0 Å². The quantitative estimate of drug-likeness (QED) is 0.730. The van der Waals surface area contributed by atoms with Gasteiger partial charge in [-0.1, -0.05) is 0 Å². The van der Waals surface area contributed by atoms with Crippen molar-refractivity contribution in [3.63, 3.8) is 0 Å². The Morgan fingerprint density at radius 3 is 2.50 bits per heavy atom. The monoisotopic (exact) mass is 215 g/mol. The zero-order valence-corrected chi connectivity index (χ0v) is 9.29. The van der Waals surface area contributed by atoms with E-state index in [9.17, 15) is 0 Å². The lowest BCUT2D eigenvalue weighted by molar-refractivity contribution is 0.572. The second kappa shape index (κ2) is 4.70. The summed E-state index contributed by atoms with van der Waals surface area (Å²) in [5, 5.41) is 8.18. The molecular formula is C12H13N3O. The second-order valence-corrected chi connectivity index (χ2v) is 3.72. The van der Waals surface area contributed by atoms with Gasteiger partial charge in [0.1, 0.15) is 0 Å². The largest absolute Gasteiger partial charge is 0.444 e. The van der Waals surface area contributed by atoms with Gasteiger partial charge >= 0.3 is 0 Å². The SMILES string of the molecule is CC(C)N=Nc1ccc(-c2cnco2)cc1. The second-order valence-electron chi connectivity index (χ2n) is 3.72. The summed E-state index contributed by atoms with van der Waals surface area (Å²) in [6.45, 7) is 3.98. The molecule has 4 heteroatoms. The van der Waals surface area contributed by atoms with E-state index in [4.69, 9.17) is 4.42 Å². The lowest BCUT2D eigenvalue weighted by Crippen LogP contribution is -1.83. The molecular weight excluding hydrogens is 202 g/mol. The first-order valence-electron chi connectivity index (χ1n) is 5.15. The summed E-state index contributed by atoms with van der Waals surface area (Å²) in [6, 6.07) is 7.91. The Hall–Kier alpha value is -1.97. The maximum Gasteiger partial charge on any atom is 0.181 e. The molecule has 2 rings (SSSR count). The van der Waals surface area contributed by atoms with Crippen molar-refractivity contribution in [2.75, 3.05) is 0 Å². The van der Waals surface area contributed by atoms with Crippen molar-refractivity contribution >= 4 is 5.69 Å². The molecule has 1 aromatic carbocycles. The molecule has 0 unspecified atom stereocenters. The zero-order valence-electron chi connectivity index (χ0n) is 9.29. The Labute approximate surface area is 94.0 Å². The van der Waals surface area contributed by atoms with Crippen LogP contribution in [0.15, 0.2) is 51.5 Å². The highest BCUT2D eigenvalue weighted by molar-refractivity contribution is 5.59. The molecule has 0 aliphatic rings. The summed E-state index contributed by atoms with van der Waals surface area (Å²) in [4.78, 5) is 3.87. The minimum atomic E-state index is 0.217. The fraction of sp³-hybridized carbons (Fsp3) is 0.250. The van der Waals surface area contributed by atoms with Crippen LogP contribution >= 0.6 is 0 Å². The molecule has 82 valence electrons. The molecule has 0 bridgehead atoms. The Morgan fingerprint density at radius 2 is 1.94 bits per heavy atom.